The molecule has 0 fully saturated rings. The van der Waals surface area contributed by atoms with Crippen molar-refractivity contribution >= 4 is 13.8 Å². The van der Waals surface area contributed by atoms with Crippen LogP contribution >= 0.6 is 7.82 Å². The molecule has 0 bridgehead atoms. The van der Waals surface area contributed by atoms with Crippen molar-refractivity contribution < 1.29 is 32.8 Å². The minimum Gasteiger partial charge on any atom is -0.457 e. The zero-order valence-electron chi connectivity index (χ0n) is 34.8. The van der Waals surface area contributed by atoms with Crippen molar-refractivity contribution in [2.24, 2.45) is 5.73 Å². The van der Waals surface area contributed by atoms with Crippen molar-refractivity contribution in [3.63, 3.8) is 0 Å². The third-order valence-corrected chi connectivity index (χ3v) is 10.6. The van der Waals surface area contributed by atoms with Gasteiger partial charge in [-0.2, -0.15) is 0 Å². The Balaban J connectivity index is 3.97. The lowest BCUT2D eigenvalue weighted by atomic mass is 10.1. The maximum Gasteiger partial charge on any atom is 0.472 e. The molecule has 314 valence electrons. The van der Waals surface area contributed by atoms with Crippen LogP contribution in [0.25, 0.3) is 0 Å². The van der Waals surface area contributed by atoms with Gasteiger partial charge in [0.25, 0.3) is 0 Å². The Kier molecular flexibility index (Phi) is 41.3. The number of hydrogen-bond donors (Lipinski definition) is 2. The number of ether oxygens (including phenoxy) is 2. The van der Waals surface area contributed by atoms with E-state index in [1.54, 1.807) is 0 Å². The molecule has 0 spiro atoms. The van der Waals surface area contributed by atoms with Crippen LogP contribution in [0.1, 0.15) is 213 Å². The Morgan fingerprint density at radius 3 is 1.42 bits per heavy atom. The highest BCUT2D eigenvalue weighted by molar-refractivity contribution is 7.47. The Hall–Kier alpha value is -1.02. The van der Waals surface area contributed by atoms with Crippen LogP contribution in [0.5, 0.6) is 0 Å². The van der Waals surface area contributed by atoms with Gasteiger partial charge in [0.15, 0.2) is 0 Å². The molecule has 0 saturated heterocycles. The molecule has 0 aromatic rings. The van der Waals surface area contributed by atoms with Gasteiger partial charge in [-0.15, -0.1) is 0 Å². The summed E-state index contributed by atoms with van der Waals surface area (Å²) in [6.07, 6.45) is 46.2. The lowest BCUT2D eigenvalue weighted by molar-refractivity contribution is -0.154. The average molecular weight is 772 g/mol. The van der Waals surface area contributed by atoms with Crippen molar-refractivity contribution in [1.82, 2.24) is 0 Å². The number of unbranched alkanes of at least 4 members (excludes halogenated alkanes) is 26. The van der Waals surface area contributed by atoms with Crippen molar-refractivity contribution in [2.45, 2.75) is 219 Å². The molecule has 53 heavy (non-hydrogen) atoms. The molecule has 9 heteroatoms. The second-order valence-corrected chi connectivity index (χ2v) is 16.4. The third-order valence-electron chi connectivity index (χ3n) is 9.59. The number of rotatable bonds is 43. The molecule has 0 aromatic carbocycles. The van der Waals surface area contributed by atoms with Crippen molar-refractivity contribution in [1.29, 1.82) is 0 Å². The first-order chi connectivity index (χ1) is 25.9. The molecule has 0 radical (unpaired) electrons. The number of carbonyl (C=O) groups is 1. The van der Waals surface area contributed by atoms with Crippen LogP contribution in [0.15, 0.2) is 24.3 Å². The summed E-state index contributed by atoms with van der Waals surface area (Å²) in [5.74, 6) is -0.333. The number of carbonyl (C=O) groups excluding carboxylic acids is 1. The molecular formula is C44H86NO7P. The molecule has 0 saturated carbocycles. The number of phosphoric acid groups is 1. The van der Waals surface area contributed by atoms with E-state index >= 15 is 0 Å². The van der Waals surface area contributed by atoms with Gasteiger partial charge in [-0.05, 0) is 64.2 Å². The lowest BCUT2D eigenvalue weighted by Gasteiger charge is -2.20. The average Bonchev–Trinajstić information content (AvgIpc) is 3.15. The summed E-state index contributed by atoms with van der Waals surface area (Å²) in [7, 11) is -4.27. The lowest BCUT2D eigenvalue weighted by Crippen LogP contribution is -2.28. The highest BCUT2D eigenvalue weighted by Gasteiger charge is 2.25. The first-order valence-electron chi connectivity index (χ1n) is 22.3. The molecule has 0 amide bonds. The van der Waals surface area contributed by atoms with E-state index in [0.717, 1.165) is 32.1 Å². The van der Waals surface area contributed by atoms with E-state index in [1.165, 1.54) is 161 Å². The van der Waals surface area contributed by atoms with Crippen molar-refractivity contribution in [2.75, 3.05) is 33.0 Å². The molecule has 8 nitrogen and oxygen atoms in total. The van der Waals surface area contributed by atoms with Crippen molar-refractivity contribution in [3.8, 4) is 0 Å². The van der Waals surface area contributed by atoms with Gasteiger partial charge in [0, 0.05) is 19.6 Å². The third kappa shape index (κ3) is 42.0. The highest BCUT2D eigenvalue weighted by Crippen LogP contribution is 2.43. The topological polar surface area (TPSA) is 117 Å². The van der Waals surface area contributed by atoms with Gasteiger partial charge in [-0.1, -0.05) is 167 Å². The number of allylic oxidation sites excluding steroid dienone is 4. The monoisotopic (exact) mass is 772 g/mol. The van der Waals surface area contributed by atoms with E-state index < -0.39 is 13.9 Å². The zero-order valence-corrected chi connectivity index (χ0v) is 35.7. The minimum absolute atomic E-state index is 0.0957. The van der Waals surface area contributed by atoms with Gasteiger partial charge in [0.2, 0.25) is 0 Å². The maximum atomic E-state index is 12.6. The van der Waals surface area contributed by atoms with Crippen LogP contribution in [0.3, 0.4) is 0 Å². The van der Waals surface area contributed by atoms with Gasteiger partial charge >= 0.3 is 13.8 Å². The molecule has 0 aliphatic carbocycles. The molecule has 0 aliphatic rings. The number of nitrogens with two attached hydrogens (primary N) is 1. The fourth-order valence-electron chi connectivity index (χ4n) is 6.28. The Morgan fingerprint density at radius 1 is 0.547 bits per heavy atom. The summed E-state index contributed by atoms with van der Waals surface area (Å²) in [6.45, 7) is 4.91. The Bertz CT molecular complexity index is 869. The standard InChI is InChI=1S/C44H86NO7P/c1-3-5-7-9-11-13-15-17-18-19-20-21-22-23-24-25-27-29-31-33-35-37-44(46)52-43(42-51-53(47,48)50-40-38-45)41-49-39-36-34-32-30-28-26-16-14-12-10-8-6-4-2/h12,14,19-20,43H,3-11,13,15-18,21-42,45H2,1-2H3,(H,47,48)/b14-12-,20-19-. The fourth-order valence-corrected chi connectivity index (χ4v) is 7.05. The van der Waals surface area contributed by atoms with Gasteiger partial charge in [0.05, 0.1) is 19.8 Å². The Labute approximate surface area is 327 Å². The minimum atomic E-state index is -4.27. The number of phosphoric ester groups is 1. The van der Waals surface area contributed by atoms with E-state index in [1.807, 2.05) is 0 Å². The summed E-state index contributed by atoms with van der Waals surface area (Å²) >= 11 is 0. The van der Waals surface area contributed by atoms with Gasteiger partial charge < -0.3 is 20.1 Å². The molecule has 3 N–H and O–H groups in total. The van der Waals surface area contributed by atoms with Crippen molar-refractivity contribution in [3.05, 3.63) is 24.3 Å². The summed E-state index contributed by atoms with van der Waals surface area (Å²) in [4.78, 5) is 22.5. The quantitative estimate of drug-likeness (QED) is 0.0272. The van der Waals surface area contributed by atoms with Gasteiger partial charge in [-0.25, -0.2) is 4.57 Å². The van der Waals surface area contributed by atoms with Crippen LogP contribution in [0, 0.1) is 0 Å². The molecule has 0 aromatic heterocycles. The largest absolute Gasteiger partial charge is 0.472 e. The summed E-state index contributed by atoms with van der Waals surface area (Å²) in [5.41, 5.74) is 5.37. The fraction of sp³-hybridized carbons (Fsp3) is 0.886. The van der Waals surface area contributed by atoms with E-state index in [9.17, 15) is 14.3 Å². The SMILES string of the molecule is CCCCC/C=C\CCCCCCCCOCC(COP(=O)(O)OCCN)OC(=O)CCCCCCCCCCC/C=C\CCCCCCCCCC. The molecule has 0 rings (SSSR count). The normalized spacial score (nSPS) is 13.7. The first kappa shape index (κ1) is 52.0. The highest BCUT2D eigenvalue weighted by atomic mass is 31.2. The van der Waals surface area contributed by atoms with Crippen LogP contribution in [0.4, 0.5) is 0 Å². The van der Waals surface area contributed by atoms with E-state index in [-0.39, 0.29) is 32.3 Å². The van der Waals surface area contributed by atoms with E-state index in [0.29, 0.717) is 13.0 Å². The van der Waals surface area contributed by atoms with Gasteiger partial charge in [-0.3, -0.25) is 13.8 Å². The second kappa shape index (κ2) is 42.1. The zero-order chi connectivity index (χ0) is 38.8. The predicted octanol–water partition coefficient (Wildman–Crippen LogP) is 13.3. The molecule has 0 heterocycles. The number of esters is 1. The van der Waals surface area contributed by atoms with Crippen LogP contribution in [0.2, 0.25) is 0 Å². The Morgan fingerprint density at radius 2 is 0.943 bits per heavy atom. The molecule has 2 unspecified atom stereocenters. The van der Waals surface area contributed by atoms with Crippen LogP contribution in [-0.2, 0) is 27.9 Å². The van der Waals surface area contributed by atoms with E-state index in [2.05, 4.69) is 38.2 Å². The van der Waals surface area contributed by atoms with E-state index in [4.69, 9.17) is 24.3 Å². The molecular weight excluding hydrogens is 685 g/mol. The summed E-state index contributed by atoms with van der Waals surface area (Å²) in [5, 5.41) is 0. The molecule has 0 aliphatic heterocycles. The van der Waals surface area contributed by atoms with Crippen LogP contribution < -0.4 is 5.73 Å². The van der Waals surface area contributed by atoms with Gasteiger partial charge in [0.1, 0.15) is 6.10 Å². The summed E-state index contributed by atoms with van der Waals surface area (Å²) < 4.78 is 33.4. The maximum absolute atomic E-state index is 12.6. The molecule has 2 atom stereocenters. The first-order valence-corrected chi connectivity index (χ1v) is 23.8. The van der Waals surface area contributed by atoms with Crippen LogP contribution in [-0.4, -0.2) is 49.9 Å². The number of hydrogen-bond acceptors (Lipinski definition) is 7. The predicted molar refractivity (Wildman–Crippen MR) is 224 cm³/mol. The second-order valence-electron chi connectivity index (χ2n) is 14.9. The summed E-state index contributed by atoms with van der Waals surface area (Å²) in [6, 6.07) is 0. The smallest absolute Gasteiger partial charge is 0.457 e.